The number of aromatic nitrogens is 3. The summed E-state index contributed by atoms with van der Waals surface area (Å²) >= 11 is 1.24. The summed E-state index contributed by atoms with van der Waals surface area (Å²) in [5.41, 5.74) is -0.975. The number of rotatable bonds is 3. The van der Waals surface area contributed by atoms with Gasteiger partial charge in [-0.1, -0.05) is 12.1 Å². The molecule has 0 spiro atoms. The Morgan fingerprint density at radius 3 is 2.68 bits per heavy atom. The summed E-state index contributed by atoms with van der Waals surface area (Å²) in [4.78, 5) is 17.4. The van der Waals surface area contributed by atoms with Crippen molar-refractivity contribution in [2.45, 2.75) is 6.18 Å². The van der Waals surface area contributed by atoms with Gasteiger partial charge in [0.2, 0.25) is 0 Å². The number of fused-ring (bicyclic) bond motifs is 1. The van der Waals surface area contributed by atoms with Crippen LogP contribution in [-0.4, -0.2) is 25.6 Å². The van der Waals surface area contributed by atoms with Crippen LogP contribution in [0.25, 0.3) is 16.2 Å². The molecule has 1 amide bonds. The summed E-state index contributed by atoms with van der Waals surface area (Å²) in [6.45, 7) is 0. The van der Waals surface area contributed by atoms with Crippen LogP contribution in [0.1, 0.15) is 16.1 Å². The second-order valence-corrected chi connectivity index (χ2v) is 6.75. The number of carbonyl (C=O) groups excluding carboxylic acids is 1. The van der Waals surface area contributed by atoms with Gasteiger partial charge in [-0.15, -0.1) is 11.3 Å². The second-order valence-electron chi connectivity index (χ2n) is 5.80. The van der Waals surface area contributed by atoms with E-state index >= 15 is 0 Å². The van der Waals surface area contributed by atoms with E-state index in [1.165, 1.54) is 35.6 Å². The fraction of sp³-hybridized carbons (Fsp3) is 0.0556. The van der Waals surface area contributed by atoms with E-state index < -0.39 is 17.8 Å². The SMILES string of the molecule is O=C(Nc1cccc(O)c1)c1cnn2c(C(F)(F)F)cc(-c3cccs3)nc12. The van der Waals surface area contributed by atoms with Crippen LogP contribution in [0.2, 0.25) is 0 Å². The van der Waals surface area contributed by atoms with Gasteiger partial charge in [-0.2, -0.15) is 18.3 Å². The van der Waals surface area contributed by atoms with Crippen LogP contribution in [0, 0.1) is 0 Å². The largest absolute Gasteiger partial charge is 0.508 e. The molecule has 0 atom stereocenters. The van der Waals surface area contributed by atoms with Crippen LogP contribution in [0.4, 0.5) is 18.9 Å². The lowest BCUT2D eigenvalue weighted by molar-refractivity contribution is -0.142. The smallest absolute Gasteiger partial charge is 0.433 e. The number of phenols is 1. The van der Waals surface area contributed by atoms with Crippen molar-refractivity contribution >= 4 is 28.6 Å². The predicted octanol–water partition coefficient (Wildman–Crippen LogP) is 4.43. The number of hydrogen-bond donors (Lipinski definition) is 2. The first-order chi connectivity index (χ1) is 13.3. The summed E-state index contributed by atoms with van der Waals surface area (Å²) in [6.07, 6.45) is -3.65. The highest BCUT2D eigenvalue weighted by Crippen LogP contribution is 2.34. The first-order valence-corrected chi connectivity index (χ1v) is 8.81. The molecule has 3 aromatic heterocycles. The van der Waals surface area contributed by atoms with Gasteiger partial charge in [-0.05, 0) is 29.6 Å². The molecule has 0 aliphatic heterocycles. The molecule has 0 saturated heterocycles. The third kappa shape index (κ3) is 3.29. The number of thiophene rings is 1. The zero-order chi connectivity index (χ0) is 19.9. The standard InChI is InChI=1S/C18H11F3N4O2S/c19-18(20,21)15-8-13(14-5-2-6-28-14)24-16-12(9-22-25(15)16)17(27)23-10-3-1-4-11(26)7-10/h1-9,26H,(H,23,27). The number of amides is 1. The van der Waals surface area contributed by atoms with Crippen LogP contribution < -0.4 is 5.32 Å². The number of carbonyl (C=O) groups is 1. The average molecular weight is 404 g/mol. The van der Waals surface area contributed by atoms with Crippen molar-refractivity contribution in [3.05, 3.63) is 65.3 Å². The lowest BCUT2D eigenvalue weighted by Gasteiger charge is -2.11. The normalized spacial score (nSPS) is 11.7. The van der Waals surface area contributed by atoms with E-state index in [1.54, 1.807) is 17.5 Å². The fourth-order valence-electron chi connectivity index (χ4n) is 2.66. The summed E-state index contributed by atoms with van der Waals surface area (Å²) < 4.78 is 41.2. The number of phenolic OH excluding ortho intramolecular Hbond substituents is 1. The fourth-order valence-corrected chi connectivity index (χ4v) is 3.34. The molecule has 4 rings (SSSR count). The van der Waals surface area contributed by atoms with E-state index in [1.807, 2.05) is 0 Å². The van der Waals surface area contributed by atoms with E-state index in [2.05, 4.69) is 15.4 Å². The van der Waals surface area contributed by atoms with Crippen LogP contribution in [0.15, 0.2) is 54.0 Å². The number of hydrogen-bond acceptors (Lipinski definition) is 5. The maximum Gasteiger partial charge on any atom is 0.433 e. The highest BCUT2D eigenvalue weighted by atomic mass is 32.1. The molecule has 0 aliphatic rings. The van der Waals surface area contributed by atoms with Gasteiger partial charge >= 0.3 is 6.18 Å². The number of benzene rings is 1. The van der Waals surface area contributed by atoms with Crippen molar-refractivity contribution in [1.29, 1.82) is 0 Å². The number of aromatic hydroxyl groups is 1. The van der Waals surface area contributed by atoms with Gasteiger partial charge in [0.05, 0.1) is 16.8 Å². The minimum absolute atomic E-state index is 0.0601. The quantitative estimate of drug-likeness (QED) is 0.529. The highest BCUT2D eigenvalue weighted by Gasteiger charge is 2.36. The molecule has 6 nitrogen and oxygen atoms in total. The molecule has 2 N–H and O–H groups in total. The van der Waals surface area contributed by atoms with Gasteiger partial charge in [0, 0.05) is 11.8 Å². The molecule has 28 heavy (non-hydrogen) atoms. The molecule has 1 aromatic carbocycles. The average Bonchev–Trinajstić information content (AvgIpc) is 3.29. The Balaban J connectivity index is 1.83. The summed E-state index contributed by atoms with van der Waals surface area (Å²) in [7, 11) is 0. The Labute approximate surface area is 159 Å². The van der Waals surface area contributed by atoms with Gasteiger partial charge in [0.1, 0.15) is 11.3 Å². The molecule has 0 unspecified atom stereocenters. The minimum atomic E-state index is -4.68. The molecular weight excluding hydrogens is 393 g/mol. The van der Waals surface area contributed by atoms with Gasteiger partial charge in [0.25, 0.3) is 5.91 Å². The summed E-state index contributed by atoms with van der Waals surface area (Å²) in [5.74, 6) is -0.750. The maximum absolute atomic E-state index is 13.5. The molecule has 0 radical (unpaired) electrons. The Morgan fingerprint density at radius 1 is 1.18 bits per heavy atom. The number of alkyl halides is 3. The van der Waals surface area contributed by atoms with Crippen molar-refractivity contribution in [3.8, 4) is 16.3 Å². The molecule has 142 valence electrons. The predicted molar refractivity (Wildman–Crippen MR) is 97.4 cm³/mol. The number of halogens is 3. The third-order valence-electron chi connectivity index (χ3n) is 3.88. The highest BCUT2D eigenvalue weighted by molar-refractivity contribution is 7.13. The minimum Gasteiger partial charge on any atom is -0.508 e. The van der Waals surface area contributed by atoms with E-state index in [0.29, 0.717) is 9.39 Å². The number of nitrogens with one attached hydrogen (secondary N) is 1. The molecule has 3 heterocycles. The zero-order valence-corrected chi connectivity index (χ0v) is 14.8. The van der Waals surface area contributed by atoms with Crippen molar-refractivity contribution in [3.63, 3.8) is 0 Å². The van der Waals surface area contributed by atoms with Crippen LogP contribution >= 0.6 is 11.3 Å². The third-order valence-corrected chi connectivity index (χ3v) is 4.78. The first-order valence-electron chi connectivity index (χ1n) is 7.93. The van der Waals surface area contributed by atoms with Crippen LogP contribution in [0.5, 0.6) is 5.75 Å². The van der Waals surface area contributed by atoms with Crippen molar-refractivity contribution in [2.24, 2.45) is 0 Å². The second kappa shape index (κ2) is 6.64. The van der Waals surface area contributed by atoms with E-state index in [4.69, 9.17) is 0 Å². The van der Waals surface area contributed by atoms with Gasteiger partial charge in [-0.3, -0.25) is 4.79 Å². The van der Waals surface area contributed by atoms with E-state index in [0.717, 1.165) is 12.3 Å². The Bertz CT molecular complexity index is 1170. The van der Waals surface area contributed by atoms with Crippen molar-refractivity contribution in [2.75, 3.05) is 5.32 Å². The van der Waals surface area contributed by atoms with Crippen molar-refractivity contribution in [1.82, 2.24) is 14.6 Å². The van der Waals surface area contributed by atoms with Crippen LogP contribution in [0.3, 0.4) is 0 Å². The topological polar surface area (TPSA) is 79.5 Å². The lowest BCUT2D eigenvalue weighted by atomic mass is 10.2. The summed E-state index contributed by atoms with van der Waals surface area (Å²) in [6, 6.07) is 10.1. The monoisotopic (exact) mass is 404 g/mol. The van der Waals surface area contributed by atoms with E-state index in [9.17, 15) is 23.1 Å². The molecule has 0 aliphatic carbocycles. The number of anilines is 1. The Hall–Kier alpha value is -3.40. The van der Waals surface area contributed by atoms with Gasteiger partial charge in [-0.25, -0.2) is 9.50 Å². The van der Waals surface area contributed by atoms with Crippen LogP contribution in [-0.2, 0) is 6.18 Å². The Kier molecular flexibility index (Phi) is 4.27. The zero-order valence-electron chi connectivity index (χ0n) is 13.9. The number of nitrogens with zero attached hydrogens (tertiary/aromatic N) is 3. The molecule has 4 aromatic rings. The van der Waals surface area contributed by atoms with Gasteiger partial charge < -0.3 is 10.4 Å². The van der Waals surface area contributed by atoms with Crippen molar-refractivity contribution < 1.29 is 23.1 Å². The lowest BCUT2D eigenvalue weighted by Crippen LogP contribution is -2.15. The molecule has 0 fully saturated rings. The Morgan fingerprint density at radius 2 is 2.00 bits per heavy atom. The van der Waals surface area contributed by atoms with Gasteiger partial charge in [0.15, 0.2) is 11.3 Å². The van der Waals surface area contributed by atoms with E-state index in [-0.39, 0.29) is 28.3 Å². The molecular formula is C18H11F3N4O2S. The molecule has 10 heteroatoms. The first kappa shape index (κ1) is 18.0. The summed E-state index contributed by atoms with van der Waals surface area (Å²) in [5, 5.41) is 17.4. The maximum atomic E-state index is 13.5. The molecule has 0 saturated carbocycles. The molecule has 0 bridgehead atoms.